The lowest BCUT2D eigenvalue weighted by atomic mass is 10.1. The van der Waals surface area contributed by atoms with Gasteiger partial charge in [-0.3, -0.25) is 4.79 Å². The number of aromatic carboxylic acids is 1. The van der Waals surface area contributed by atoms with Crippen LogP contribution in [-0.2, 0) is 9.53 Å². The van der Waals surface area contributed by atoms with Gasteiger partial charge in [0.25, 0.3) is 0 Å². The number of ether oxygens (including phenoxy) is 1. The third-order valence-corrected chi connectivity index (χ3v) is 2.33. The lowest BCUT2D eigenvalue weighted by Crippen LogP contribution is -2.30. The predicted molar refractivity (Wildman–Crippen MR) is 66.7 cm³/mol. The lowest BCUT2D eigenvalue weighted by Gasteiger charge is -2.09. The first-order chi connectivity index (χ1) is 9.45. The summed E-state index contributed by atoms with van der Waals surface area (Å²) >= 11 is 0. The number of carboxylic acid groups (broad SMARTS) is 1. The van der Waals surface area contributed by atoms with E-state index in [9.17, 15) is 18.4 Å². The quantitative estimate of drug-likeness (QED) is 0.647. The second-order valence-electron chi connectivity index (χ2n) is 3.83. The third-order valence-electron chi connectivity index (χ3n) is 2.33. The summed E-state index contributed by atoms with van der Waals surface area (Å²) in [6, 6.07) is 1.15. The maximum atomic E-state index is 13.1. The standard InChI is InChI=1S/C12H14F2N2O4/c1-20-3-2-15-6-11(17)16-10-5-9(14)8(13)4-7(10)12(18)19/h4-5,15H,2-3,6H2,1H3,(H,16,17)(H,18,19). The number of hydrogen-bond acceptors (Lipinski definition) is 4. The molecule has 1 aromatic rings. The Hall–Kier alpha value is -2.06. The number of anilines is 1. The largest absolute Gasteiger partial charge is 0.478 e. The fraction of sp³-hybridized carbons (Fsp3) is 0.333. The number of halogens is 2. The Morgan fingerprint density at radius 3 is 2.55 bits per heavy atom. The van der Waals surface area contributed by atoms with Gasteiger partial charge in [0.1, 0.15) is 0 Å². The Balaban J connectivity index is 2.73. The number of benzene rings is 1. The van der Waals surface area contributed by atoms with Crippen LogP contribution in [0.3, 0.4) is 0 Å². The van der Waals surface area contributed by atoms with E-state index in [0.29, 0.717) is 25.3 Å². The molecule has 0 aliphatic heterocycles. The van der Waals surface area contributed by atoms with E-state index >= 15 is 0 Å². The van der Waals surface area contributed by atoms with Crippen molar-refractivity contribution in [2.75, 3.05) is 32.1 Å². The van der Waals surface area contributed by atoms with Crippen LogP contribution in [0.5, 0.6) is 0 Å². The molecule has 8 heteroatoms. The SMILES string of the molecule is COCCNCC(=O)Nc1cc(F)c(F)cc1C(=O)O. The zero-order chi connectivity index (χ0) is 15.1. The molecule has 0 atom stereocenters. The number of rotatable bonds is 7. The second kappa shape index (κ2) is 7.51. The van der Waals surface area contributed by atoms with E-state index in [-0.39, 0.29) is 12.2 Å². The van der Waals surface area contributed by atoms with Gasteiger partial charge in [0.2, 0.25) is 5.91 Å². The van der Waals surface area contributed by atoms with E-state index in [1.807, 2.05) is 0 Å². The van der Waals surface area contributed by atoms with Gasteiger partial charge in [0.15, 0.2) is 11.6 Å². The normalized spacial score (nSPS) is 10.3. The van der Waals surface area contributed by atoms with Crippen LogP contribution >= 0.6 is 0 Å². The summed E-state index contributed by atoms with van der Waals surface area (Å²) in [5.41, 5.74) is -0.816. The molecule has 0 saturated carbocycles. The van der Waals surface area contributed by atoms with E-state index in [2.05, 4.69) is 10.6 Å². The molecule has 0 aliphatic rings. The number of amides is 1. The van der Waals surface area contributed by atoms with Crippen LogP contribution in [0, 0.1) is 11.6 Å². The van der Waals surface area contributed by atoms with Crippen LogP contribution in [-0.4, -0.2) is 43.8 Å². The summed E-state index contributed by atoms with van der Waals surface area (Å²) in [6.45, 7) is 0.716. The number of hydrogen-bond donors (Lipinski definition) is 3. The average Bonchev–Trinajstić information content (AvgIpc) is 2.38. The smallest absolute Gasteiger partial charge is 0.337 e. The number of carbonyl (C=O) groups is 2. The van der Waals surface area contributed by atoms with Crippen molar-refractivity contribution in [2.45, 2.75) is 0 Å². The second-order valence-corrected chi connectivity index (χ2v) is 3.83. The minimum atomic E-state index is -1.47. The average molecular weight is 288 g/mol. The molecule has 0 radical (unpaired) electrons. The zero-order valence-corrected chi connectivity index (χ0v) is 10.7. The van der Waals surface area contributed by atoms with Crippen LogP contribution in [0.1, 0.15) is 10.4 Å². The van der Waals surface area contributed by atoms with Crippen molar-refractivity contribution >= 4 is 17.6 Å². The van der Waals surface area contributed by atoms with Crippen molar-refractivity contribution in [2.24, 2.45) is 0 Å². The van der Waals surface area contributed by atoms with E-state index in [4.69, 9.17) is 9.84 Å². The molecule has 0 bridgehead atoms. The first-order valence-electron chi connectivity index (χ1n) is 5.67. The van der Waals surface area contributed by atoms with Gasteiger partial charge in [-0.25, -0.2) is 13.6 Å². The summed E-state index contributed by atoms with van der Waals surface area (Å²) in [6.07, 6.45) is 0. The number of methoxy groups -OCH3 is 1. The van der Waals surface area contributed by atoms with E-state index in [1.54, 1.807) is 0 Å². The summed E-state index contributed by atoms with van der Waals surface area (Å²) in [5, 5.41) is 13.8. The van der Waals surface area contributed by atoms with Crippen LogP contribution in [0.2, 0.25) is 0 Å². The highest BCUT2D eigenvalue weighted by Crippen LogP contribution is 2.20. The van der Waals surface area contributed by atoms with Gasteiger partial charge in [0, 0.05) is 19.7 Å². The number of nitrogens with one attached hydrogen (secondary N) is 2. The van der Waals surface area contributed by atoms with Gasteiger partial charge in [-0.1, -0.05) is 0 Å². The molecule has 3 N–H and O–H groups in total. The van der Waals surface area contributed by atoms with Gasteiger partial charge < -0.3 is 20.5 Å². The van der Waals surface area contributed by atoms with Gasteiger partial charge in [-0.05, 0) is 6.07 Å². The molecule has 0 fully saturated rings. The van der Waals surface area contributed by atoms with Gasteiger partial charge >= 0.3 is 5.97 Å². The number of carbonyl (C=O) groups excluding carboxylic acids is 1. The monoisotopic (exact) mass is 288 g/mol. The minimum Gasteiger partial charge on any atom is -0.478 e. The molecule has 0 saturated heterocycles. The molecule has 0 unspecified atom stereocenters. The molecule has 6 nitrogen and oxygen atoms in total. The van der Waals surface area contributed by atoms with Gasteiger partial charge in [-0.15, -0.1) is 0 Å². The molecule has 1 amide bonds. The van der Waals surface area contributed by atoms with Crippen molar-refractivity contribution in [3.8, 4) is 0 Å². The Morgan fingerprint density at radius 1 is 1.30 bits per heavy atom. The molecular formula is C12H14F2N2O4. The fourth-order valence-corrected chi connectivity index (χ4v) is 1.40. The van der Waals surface area contributed by atoms with Crippen molar-refractivity contribution in [1.82, 2.24) is 5.32 Å². The van der Waals surface area contributed by atoms with Gasteiger partial charge in [-0.2, -0.15) is 0 Å². The van der Waals surface area contributed by atoms with Crippen molar-refractivity contribution in [3.05, 3.63) is 29.3 Å². The summed E-state index contributed by atoms with van der Waals surface area (Å²) in [4.78, 5) is 22.4. The van der Waals surface area contributed by atoms with Gasteiger partial charge in [0.05, 0.1) is 24.4 Å². The summed E-state index contributed by atoms with van der Waals surface area (Å²) in [7, 11) is 1.50. The van der Waals surface area contributed by atoms with Crippen molar-refractivity contribution in [1.29, 1.82) is 0 Å². The first kappa shape index (κ1) is 16.0. The Morgan fingerprint density at radius 2 is 1.95 bits per heavy atom. The first-order valence-corrected chi connectivity index (χ1v) is 5.67. The molecule has 20 heavy (non-hydrogen) atoms. The van der Waals surface area contributed by atoms with Crippen LogP contribution < -0.4 is 10.6 Å². The predicted octanol–water partition coefficient (Wildman–Crippen LogP) is 0.837. The van der Waals surface area contributed by atoms with E-state index in [1.165, 1.54) is 7.11 Å². The Kier molecular flexibility index (Phi) is 6.01. The molecule has 0 aromatic heterocycles. The number of carboxylic acids is 1. The minimum absolute atomic E-state index is 0.110. The summed E-state index contributed by atoms with van der Waals surface area (Å²) in [5.74, 6) is -4.57. The highest BCUT2D eigenvalue weighted by molar-refractivity contribution is 6.01. The highest BCUT2D eigenvalue weighted by atomic mass is 19.2. The molecule has 110 valence electrons. The summed E-state index contributed by atoms with van der Waals surface area (Å²) < 4.78 is 30.8. The molecule has 0 heterocycles. The molecule has 1 rings (SSSR count). The molecule has 1 aromatic carbocycles. The molecule has 0 spiro atoms. The van der Waals surface area contributed by atoms with E-state index < -0.39 is 29.1 Å². The third kappa shape index (κ3) is 4.56. The van der Waals surface area contributed by atoms with Crippen LogP contribution in [0.4, 0.5) is 14.5 Å². The maximum Gasteiger partial charge on any atom is 0.337 e. The van der Waals surface area contributed by atoms with Crippen LogP contribution in [0.25, 0.3) is 0 Å². The lowest BCUT2D eigenvalue weighted by molar-refractivity contribution is -0.115. The Labute approximate surface area is 113 Å². The fourth-order valence-electron chi connectivity index (χ4n) is 1.40. The topological polar surface area (TPSA) is 87.7 Å². The van der Waals surface area contributed by atoms with Crippen LogP contribution in [0.15, 0.2) is 12.1 Å². The Bertz CT molecular complexity index is 508. The van der Waals surface area contributed by atoms with Crippen molar-refractivity contribution in [3.63, 3.8) is 0 Å². The molecular weight excluding hydrogens is 274 g/mol. The zero-order valence-electron chi connectivity index (χ0n) is 10.7. The molecule has 0 aliphatic carbocycles. The maximum absolute atomic E-state index is 13.1. The van der Waals surface area contributed by atoms with E-state index in [0.717, 1.165) is 0 Å². The highest BCUT2D eigenvalue weighted by Gasteiger charge is 2.16. The van der Waals surface area contributed by atoms with Crippen molar-refractivity contribution < 1.29 is 28.2 Å².